The minimum Gasteiger partial charge on any atom is -0.298 e. The van der Waals surface area contributed by atoms with Crippen LogP contribution in [-0.2, 0) is 9.59 Å². The third kappa shape index (κ3) is 2.63. The zero-order chi connectivity index (χ0) is 15.0. The van der Waals surface area contributed by atoms with Gasteiger partial charge in [-0.25, -0.2) is 4.98 Å². The van der Waals surface area contributed by atoms with Gasteiger partial charge in [-0.15, -0.1) is 0 Å². The van der Waals surface area contributed by atoms with E-state index in [1.54, 1.807) is 12.1 Å². The zero-order valence-corrected chi connectivity index (χ0v) is 12.6. The summed E-state index contributed by atoms with van der Waals surface area (Å²) in [5, 5.41) is 0. The molecule has 1 heterocycles. The van der Waals surface area contributed by atoms with E-state index < -0.39 is 11.7 Å². The molecule has 6 heteroatoms. The summed E-state index contributed by atoms with van der Waals surface area (Å²) < 4.78 is 0.818. The number of hydrogen-bond donors (Lipinski definition) is 0. The summed E-state index contributed by atoms with van der Waals surface area (Å²) in [7, 11) is 0. The molecule has 0 unspecified atom stereocenters. The van der Waals surface area contributed by atoms with Gasteiger partial charge in [0.25, 0.3) is 0 Å². The van der Waals surface area contributed by atoms with Crippen molar-refractivity contribution in [1.29, 1.82) is 0 Å². The van der Waals surface area contributed by atoms with Crippen LogP contribution in [0, 0.1) is 5.92 Å². The second-order valence-corrected chi connectivity index (χ2v) is 5.89. The normalized spacial score (nSPS) is 16.4. The number of nitrogens with zero attached hydrogens (tertiary/aromatic N) is 2. The lowest BCUT2D eigenvalue weighted by Crippen LogP contribution is -2.35. The Hall–Kier alpha value is -1.95. The first-order chi connectivity index (χ1) is 10.1. The van der Waals surface area contributed by atoms with Crippen LogP contribution >= 0.6 is 15.9 Å². The minimum atomic E-state index is -1.20. The number of benzene rings is 1. The van der Waals surface area contributed by atoms with Gasteiger partial charge in [-0.2, -0.15) is 0 Å². The fourth-order valence-corrected chi connectivity index (χ4v) is 2.80. The van der Waals surface area contributed by atoms with Gasteiger partial charge in [0, 0.05) is 17.3 Å². The third-order valence-corrected chi connectivity index (χ3v) is 4.00. The van der Waals surface area contributed by atoms with Crippen LogP contribution < -0.4 is 0 Å². The topological polar surface area (TPSA) is 77.0 Å². The van der Waals surface area contributed by atoms with E-state index in [4.69, 9.17) is 0 Å². The number of hydrogen-bond acceptors (Lipinski definition) is 5. The Kier molecular flexibility index (Phi) is 3.63. The molecule has 3 rings (SSSR count). The Morgan fingerprint density at radius 2 is 1.86 bits per heavy atom. The average molecular weight is 347 g/mol. The van der Waals surface area contributed by atoms with E-state index in [-0.39, 0.29) is 30.1 Å². The molecule has 2 aromatic rings. The number of halogens is 1. The van der Waals surface area contributed by atoms with Crippen molar-refractivity contribution in [2.24, 2.45) is 5.92 Å². The van der Waals surface area contributed by atoms with Crippen LogP contribution in [0.3, 0.4) is 0 Å². The van der Waals surface area contributed by atoms with E-state index >= 15 is 0 Å². The number of aromatic nitrogens is 2. The predicted molar refractivity (Wildman–Crippen MR) is 78.9 cm³/mol. The third-order valence-electron chi connectivity index (χ3n) is 3.51. The fraction of sp³-hybridized carbons (Fsp3) is 0.267. The number of ketones is 3. The van der Waals surface area contributed by atoms with E-state index in [0.717, 1.165) is 4.47 Å². The highest BCUT2D eigenvalue weighted by atomic mass is 79.9. The molecular formula is C15H11BrN2O3. The monoisotopic (exact) mass is 346 g/mol. The summed E-state index contributed by atoms with van der Waals surface area (Å²) in [6, 6.07) is 5.34. The number of rotatable bonds is 2. The molecule has 1 fully saturated rings. The molecule has 0 saturated heterocycles. The first-order valence-corrected chi connectivity index (χ1v) is 7.37. The Labute approximate surface area is 128 Å². The maximum absolute atomic E-state index is 12.4. The van der Waals surface area contributed by atoms with Crippen LogP contribution in [0.5, 0.6) is 0 Å². The fourth-order valence-electron chi connectivity index (χ4n) is 2.45. The van der Waals surface area contributed by atoms with Crippen molar-refractivity contribution in [1.82, 2.24) is 9.97 Å². The Bertz CT molecular complexity index is 757. The van der Waals surface area contributed by atoms with Gasteiger partial charge >= 0.3 is 0 Å². The standard InChI is InChI=1S/C15H11BrN2O3/c16-8-4-5-9-10(6-8)18-11(7-17-9)15(21)14-12(19)2-1-3-13(14)20/h4-7,14H,1-3H2. The molecule has 1 aliphatic carbocycles. The van der Waals surface area contributed by atoms with Crippen molar-refractivity contribution in [3.63, 3.8) is 0 Å². The minimum absolute atomic E-state index is 0.0641. The Balaban J connectivity index is 2.01. The quantitative estimate of drug-likeness (QED) is 0.616. The van der Waals surface area contributed by atoms with Crippen LogP contribution in [0.1, 0.15) is 29.8 Å². The lowest BCUT2D eigenvalue weighted by Gasteiger charge is -2.17. The summed E-state index contributed by atoms with van der Waals surface area (Å²) in [5.41, 5.74) is 1.26. The number of Topliss-reactive ketones (excluding diaryl/α,β-unsaturated/α-hetero) is 3. The van der Waals surface area contributed by atoms with Crippen molar-refractivity contribution in [2.45, 2.75) is 19.3 Å². The molecule has 0 bridgehead atoms. The summed E-state index contributed by atoms with van der Waals surface area (Å²) in [6.07, 6.45) is 2.40. The number of fused-ring (bicyclic) bond motifs is 1. The molecule has 1 aromatic carbocycles. The van der Waals surface area contributed by atoms with Gasteiger partial charge in [0.05, 0.1) is 17.2 Å². The van der Waals surface area contributed by atoms with E-state index in [1.165, 1.54) is 6.20 Å². The number of carbonyl (C=O) groups excluding carboxylic acids is 3. The van der Waals surface area contributed by atoms with E-state index in [9.17, 15) is 14.4 Å². The average Bonchev–Trinajstić information content (AvgIpc) is 2.46. The molecule has 1 aromatic heterocycles. The summed E-state index contributed by atoms with van der Waals surface area (Å²) >= 11 is 3.33. The van der Waals surface area contributed by atoms with E-state index in [2.05, 4.69) is 25.9 Å². The van der Waals surface area contributed by atoms with Gasteiger partial charge in [-0.1, -0.05) is 15.9 Å². The maximum Gasteiger partial charge on any atom is 0.200 e. The SMILES string of the molecule is O=C1CCCC(=O)C1C(=O)c1cnc2ccc(Br)cc2n1. The lowest BCUT2D eigenvalue weighted by atomic mass is 9.83. The first-order valence-electron chi connectivity index (χ1n) is 6.58. The zero-order valence-electron chi connectivity index (χ0n) is 11.0. The lowest BCUT2D eigenvalue weighted by molar-refractivity contribution is -0.133. The molecule has 1 aliphatic rings. The molecule has 0 atom stereocenters. The predicted octanol–water partition coefficient (Wildman–Crippen LogP) is 2.51. The first kappa shape index (κ1) is 14.0. The van der Waals surface area contributed by atoms with Gasteiger partial charge in [-0.05, 0) is 24.6 Å². The largest absolute Gasteiger partial charge is 0.298 e. The second-order valence-electron chi connectivity index (χ2n) is 4.97. The van der Waals surface area contributed by atoms with Gasteiger partial charge in [0.1, 0.15) is 11.6 Å². The molecule has 106 valence electrons. The van der Waals surface area contributed by atoms with Crippen LogP contribution in [0.2, 0.25) is 0 Å². The van der Waals surface area contributed by atoms with Crippen molar-refractivity contribution in [3.8, 4) is 0 Å². The number of carbonyl (C=O) groups is 3. The molecule has 0 N–H and O–H groups in total. The summed E-state index contributed by atoms with van der Waals surface area (Å²) in [6.45, 7) is 0. The Morgan fingerprint density at radius 1 is 1.14 bits per heavy atom. The van der Waals surface area contributed by atoms with Gasteiger partial charge in [0.2, 0.25) is 5.78 Å². The summed E-state index contributed by atoms with van der Waals surface area (Å²) in [4.78, 5) is 44.5. The van der Waals surface area contributed by atoms with Crippen LogP contribution in [0.15, 0.2) is 28.9 Å². The molecule has 21 heavy (non-hydrogen) atoms. The molecule has 1 saturated carbocycles. The van der Waals surface area contributed by atoms with E-state index in [1.807, 2.05) is 6.07 Å². The molecule has 0 radical (unpaired) electrons. The highest BCUT2D eigenvalue weighted by Gasteiger charge is 2.37. The molecule has 0 aliphatic heterocycles. The molecule has 0 amide bonds. The maximum atomic E-state index is 12.4. The Morgan fingerprint density at radius 3 is 2.57 bits per heavy atom. The smallest absolute Gasteiger partial charge is 0.200 e. The van der Waals surface area contributed by atoms with Crippen molar-refractivity contribution >= 4 is 44.3 Å². The van der Waals surface area contributed by atoms with Gasteiger partial charge in [0.15, 0.2) is 11.6 Å². The van der Waals surface area contributed by atoms with Crippen molar-refractivity contribution in [2.75, 3.05) is 0 Å². The highest BCUT2D eigenvalue weighted by molar-refractivity contribution is 9.10. The van der Waals surface area contributed by atoms with Gasteiger partial charge < -0.3 is 0 Å². The van der Waals surface area contributed by atoms with Crippen LogP contribution in [0.4, 0.5) is 0 Å². The highest BCUT2D eigenvalue weighted by Crippen LogP contribution is 2.22. The van der Waals surface area contributed by atoms with Crippen molar-refractivity contribution in [3.05, 3.63) is 34.6 Å². The van der Waals surface area contributed by atoms with Gasteiger partial charge in [-0.3, -0.25) is 19.4 Å². The molecule has 0 spiro atoms. The second kappa shape index (κ2) is 5.44. The van der Waals surface area contributed by atoms with Crippen LogP contribution in [0.25, 0.3) is 11.0 Å². The van der Waals surface area contributed by atoms with Crippen LogP contribution in [-0.4, -0.2) is 27.3 Å². The summed E-state index contributed by atoms with van der Waals surface area (Å²) in [5.74, 6) is -2.36. The molecule has 5 nitrogen and oxygen atoms in total. The van der Waals surface area contributed by atoms with Crippen molar-refractivity contribution < 1.29 is 14.4 Å². The van der Waals surface area contributed by atoms with E-state index in [0.29, 0.717) is 17.5 Å². The molecular weight excluding hydrogens is 336 g/mol.